The Labute approximate surface area is 175 Å². The van der Waals surface area contributed by atoms with Crippen molar-refractivity contribution < 1.29 is 9.15 Å². The van der Waals surface area contributed by atoms with Gasteiger partial charge in [-0.3, -0.25) is 4.90 Å². The van der Waals surface area contributed by atoms with E-state index in [0.717, 1.165) is 60.9 Å². The zero-order chi connectivity index (χ0) is 19.5. The fraction of sp³-hybridized carbons (Fsp3) is 0.364. The molecule has 2 aromatic heterocycles. The van der Waals surface area contributed by atoms with E-state index in [9.17, 15) is 0 Å². The fourth-order valence-electron chi connectivity index (χ4n) is 3.59. The molecule has 0 unspecified atom stereocenters. The van der Waals surface area contributed by atoms with Crippen LogP contribution < -0.4 is 4.74 Å². The van der Waals surface area contributed by atoms with Crippen LogP contribution in [0.5, 0.6) is 5.75 Å². The summed E-state index contributed by atoms with van der Waals surface area (Å²) in [5.41, 5.74) is 3.15. The summed E-state index contributed by atoms with van der Waals surface area (Å²) in [6.45, 7) is 7.97. The molecule has 1 aromatic carbocycles. The number of rotatable bonds is 6. The van der Waals surface area contributed by atoms with Crippen molar-refractivity contribution >= 4 is 22.9 Å². The largest absolute Gasteiger partial charge is 0.491 e. The third-order valence-corrected chi connectivity index (χ3v) is 6.64. The zero-order valence-electron chi connectivity index (χ0n) is 16.3. The number of ether oxygens (including phenoxy) is 1. The number of benzene rings is 1. The summed E-state index contributed by atoms with van der Waals surface area (Å²) in [4.78, 5) is 5.97. The third-order valence-electron chi connectivity index (χ3n) is 5.28. The first-order valence-corrected chi connectivity index (χ1v) is 10.8. The molecule has 6 heteroatoms. The monoisotopic (exact) mass is 416 g/mol. The molecule has 0 atom stereocenters. The van der Waals surface area contributed by atoms with Gasteiger partial charge in [-0.1, -0.05) is 17.7 Å². The molecule has 0 spiro atoms. The van der Waals surface area contributed by atoms with Gasteiger partial charge in [0.05, 0.1) is 11.3 Å². The van der Waals surface area contributed by atoms with Crippen molar-refractivity contribution in [3.8, 4) is 27.5 Å². The molecule has 4 nitrogen and oxygen atoms in total. The first kappa shape index (κ1) is 19.5. The topological polar surface area (TPSA) is 28.9 Å². The van der Waals surface area contributed by atoms with Gasteiger partial charge in [-0.15, -0.1) is 11.3 Å². The second-order valence-corrected chi connectivity index (χ2v) is 8.51. The van der Waals surface area contributed by atoms with Gasteiger partial charge in [0, 0.05) is 48.7 Å². The number of hydrogen-bond acceptors (Lipinski definition) is 5. The summed E-state index contributed by atoms with van der Waals surface area (Å²) in [5, 5.41) is 2.76. The van der Waals surface area contributed by atoms with Crippen LogP contribution >= 0.6 is 22.9 Å². The Morgan fingerprint density at radius 2 is 2.00 bits per heavy atom. The molecule has 0 N–H and O–H groups in total. The van der Waals surface area contributed by atoms with Crippen molar-refractivity contribution in [2.45, 2.75) is 6.92 Å². The van der Waals surface area contributed by atoms with E-state index in [1.54, 1.807) is 17.6 Å². The van der Waals surface area contributed by atoms with Crippen molar-refractivity contribution in [1.29, 1.82) is 0 Å². The van der Waals surface area contributed by atoms with Crippen LogP contribution in [-0.4, -0.2) is 56.2 Å². The zero-order valence-corrected chi connectivity index (χ0v) is 17.9. The summed E-state index contributed by atoms with van der Waals surface area (Å²) >= 11 is 8.42. The van der Waals surface area contributed by atoms with Crippen LogP contribution in [0.2, 0.25) is 5.02 Å². The molecule has 1 saturated heterocycles. The van der Waals surface area contributed by atoms with E-state index in [2.05, 4.69) is 41.3 Å². The Balaban J connectivity index is 1.58. The minimum atomic E-state index is 0.624. The molecular weight excluding hydrogens is 392 g/mol. The summed E-state index contributed by atoms with van der Waals surface area (Å²) in [5.74, 6) is 1.55. The van der Waals surface area contributed by atoms with E-state index < -0.39 is 0 Å². The molecule has 148 valence electrons. The number of thiophene rings is 1. The lowest BCUT2D eigenvalue weighted by atomic mass is 9.98. The molecule has 4 rings (SSSR count). The van der Waals surface area contributed by atoms with Gasteiger partial charge in [0.1, 0.15) is 18.1 Å². The van der Waals surface area contributed by atoms with Gasteiger partial charge in [-0.25, -0.2) is 0 Å². The molecule has 0 aliphatic carbocycles. The van der Waals surface area contributed by atoms with Gasteiger partial charge in [0.2, 0.25) is 0 Å². The van der Waals surface area contributed by atoms with Gasteiger partial charge in [-0.05, 0) is 49.2 Å². The van der Waals surface area contributed by atoms with Crippen LogP contribution in [0, 0.1) is 6.92 Å². The Morgan fingerprint density at radius 1 is 1.18 bits per heavy atom. The molecular formula is C22H25ClN2O2S. The minimum absolute atomic E-state index is 0.624. The van der Waals surface area contributed by atoms with Crippen molar-refractivity contribution in [1.82, 2.24) is 9.80 Å². The predicted octanol–water partition coefficient (Wildman–Crippen LogP) is 5.26. The molecule has 1 fully saturated rings. The van der Waals surface area contributed by atoms with E-state index in [0.29, 0.717) is 11.6 Å². The summed E-state index contributed by atoms with van der Waals surface area (Å²) in [7, 11) is 2.17. The van der Waals surface area contributed by atoms with Gasteiger partial charge in [0.25, 0.3) is 0 Å². The molecule has 3 heterocycles. The van der Waals surface area contributed by atoms with Gasteiger partial charge < -0.3 is 14.1 Å². The van der Waals surface area contributed by atoms with Crippen molar-refractivity contribution in [2.24, 2.45) is 0 Å². The van der Waals surface area contributed by atoms with E-state index in [1.165, 1.54) is 4.88 Å². The van der Waals surface area contributed by atoms with Crippen LogP contribution in [0.15, 0.2) is 46.4 Å². The number of nitrogens with zero attached hydrogens (tertiary/aromatic N) is 2. The van der Waals surface area contributed by atoms with Crippen molar-refractivity contribution in [3.63, 3.8) is 0 Å². The van der Waals surface area contributed by atoms with Crippen LogP contribution in [0.25, 0.3) is 21.8 Å². The standard InChI is InChI=1S/C22H25ClN2O2S/c1-16-21(20-6-4-14-28-20)17(18-5-3-12-26-18)15-19(22(16)23)27-13-11-25-9-7-24(2)8-10-25/h3-6,12,14-15H,7-11,13H2,1-2H3. The van der Waals surface area contributed by atoms with Crippen LogP contribution in [-0.2, 0) is 0 Å². The fourth-order valence-corrected chi connectivity index (χ4v) is 4.63. The van der Waals surface area contributed by atoms with E-state index in [1.807, 2.05) is 18.2 Å². The number of piperazine rings is 1. The average molecular weight is 417 g/mol. The number of halogens is 1. The van der Waals surface area contributed by atoms with Gasteiger partial charge in [-0.2, -0.15) is 0 Å². The maximum Gasteiger partial charge on any atom is 0.139 e. The molecule has 1 aliphatic rings. The Bertz CT molecular complexity index is 901. The highest BCUT2D eigenvalue weighted by Crippen LogP contribution is 2.44. The number of furan rings is 1. The molecule has 3 aromatic rings. The highest BCUT2D eigenvalue weighted by Gasteiger charge is 2.20. The van der Waals surface area contributed by atoms with Crippen LogP contribution in [0.1, 0.15) is 5.56 Å². The number of likely N-dealkylation sites (N-methyl/N-ethyl adjacent to an activating group) is 1. The van der Waals surface area contributed by atoms with Crippen LogP contribution in [0.3, 0.4) is 0 Å². The Morgan fingerprint density at radius 3 is 2.68 bits per heavy atom. The molecule has 28 heavy (non-hydrogen) atoms. The highest BCUT2D eigenvalue weighted by atomic mass is 35.5. The van der Waals surface area contributed by atoms with E-state index in [4.69, 9.17) is 20.8 Å². The minimum Gasteiger partial charge on any atom is -0.491 e. The summed E-state index contributed by atoms with van der Waals surface area (Å²) in [6, 6.07) is 10.1. The summed E-state index contributed by atoms with van der Waals surface area (Å²) in [6.07, 6.45) is 1.70. The molecule has 1 aliphatic heterocycles. The first-order chi connectivity index (χ1) is 13.6. The highest BCUT2D eigenvalue weighted by molar-refractivity contribution is 7.13. The van der Waals surface area contributed by atoms with Crippen molar-refractivity contribution in [2.75, 3.05) is 46.4 Å². The maximum absolute atomic E-state index is 6.72. The lowest BCUT2D eigenvalue weighted by Gasteiger charge is -2.32. The normalized spacial score (nSPS) is 15.8. The smallest absolute Gasteiger partial charge is 0.139 e. The Kier molecular flexibility index (Phi) is 6.07. The second-order valence-electron chi connectivity index (χ2n) is 7.18. The molecule has 0 saturated carbocycles. The molecule has 0 amide bonds. The Hall–Kier alpha value is -1.79. The van der Waals surface area contributed by atoms with E-state index >= 15 is 0 Å². The lowest BCUT2D eigenvalue weighted by molar-refractivity contribution is 0.134. The maximum atomic E-state index is 6.72. The van der Waals surface area contributed by atoms with E-state index in [-0.39, 0.29) is 0 Å². The van der Waals surface area contributed by atoms with Gasteiger partial charge in [0.15, 0.2) is 0 Å². The van der Waals surface area contributed by atoms with Crippen LogP contribution in [0.4, 0.5) is 0 Å². The first-order valence-electron chi connectivity index (χ1n) is 9.58. The second kappa shape index (κ2) is 8.70. The number of hydrogen-bond donors (Lipinski definition) is 0. The lowest BCUT2D eigenvalue weighted by Crippen LogP contribution is -2.45. The quantitative estimate of drug-likeness (QED) is 0.547. The summed E-state index contributed by atoms with van der Waals surface area (Å²) < 4.78 is 11.8. The molecule has 0 radical (unpaired) electrons. The average Bonchev–Trinajstić information content (AvgIpc) is 3.40. The molecule has 0 bridgehead atoms. The van der Waals surface area contributed by atoms with Gasteiger partial charge >= 0.3 is 0 Å². The predicted molar refractivity (Wildman–Crippen MR) is 117 cm³/mol. The SMILES string of the molecule is Cc1c(Cl)c(OCCN2CCN(C)CC2)cc(-c2ccco2)c1-c1cccs1. The third kappa shape index (κ3) is 4.13. The van der Waals surface area contributed by atoms with Crippen molar-refractivity contribution in [3.05, 3.63) is 52.6 Å².